The van der Waals surface area contributed by atoms with Gasteiger partial charge in [0.05, 0.1) is 18.1 Å². The van der Waals surface area contributed by atoms with Crippen LogP contribution in [0.25, 0.3) is 10.9 Å². The summed E-state index contributed by atoms with van der Waals surface area (Å²) in [5.74, 6) is 0.660. The SMILES string of the molecule is COc1ccc2[nH]c(=O)c(CN(C[C@H]3CCCO3)S(=O)(=O)c3ccc(C(C)(C)C)cc3)cc2c1. The van der Waals surface area contributed by atoms with Gasteiger partial charge in [0.15, 0.2) is 0 Å². The lowest BCUT2D eigenvalue weighted by Crippen LogP contribution is -2.38. The summed E-state index contributed by atoms with van der Waals surface area (Å²) in [5, 5.41) is 0.776. The van der Waals surface area contributed by atoms with E-state index < -0.39 is 10.0 Å². The molecule has 0 radical (unpaired) electrons. The first kappa shape index (κ1) is 24.4. The molecule has 1 saturated heterocycles. The van der Waals surface area contributed by atoms with Crippen molar-refractivity contribution >= 4 is 20.9 Å². The number of sulfonamides is 1. The molecule has 1 aliphatic heterocycles. The number of rotatable bonds is 7. The zero-order chi connectivity index (χ0) is 24.5. The minimum atomic E-state index is -3.86. The van der Waals surface area contributed by atoms with Crippen LogP contribution in [0, 0.1) is 0 Å². The highest BCUT2D eigenvalue weighted by Crippen LogP contribution is 2.27. The molecule has 1 aromatic heterocycles. The van der Waals surface area contributed by atoms with Crippen LogP contribution in [0.2, 0.25) is 0 Å². The van der Waals surface area contributed by atoms with Crippen LogP contribution < -0.4 is 10.3 Å². The molecule has 0 aliphatic carbocycles. The van der Waals surface area contributed by atoms with Crippen molar-refractivity contribution in [2.75, 3.05) is 20.3 Å². The van der Waals surface area contributed by atoms with E-state index in [1.165, 1.54) is 4.31 Å². The summed E-state index contributed by atoms with van der Waals surface area (Å²) in [6.07, 6.45) is 1.50. The Labute approximate surface area is 200 Å². The van der Waals surface area contributed by atoms with E-state index >= 15 is 0 Å². The molecule has 0 unspecified atom stereocenters. The Morgan fingerprint density at radius 3 is 2.47 bits per heavy atom. The summed E-state index contributed by atoms with van der Waals surface area (Å²) >= 11 is 0. The second-order valence-electron chi connectivity index (χ2n) is 9.78. The molecule has 4 rings (SSSR count). The fourth-order valence-electron chi connectivity index (χ4n) is 4.20. The molecule has 0 bridgehead atoms. The topological polar surface area (TPSA) is 88.7 Å². The number of nitrogens with one attached hydrogen (secondary N) is 1. The largest absolute Gasteiger partial charge is 0.497 e. The molecule has 1 aliphatic rings. The molecule has 182 valence electrons. The highest BCUT2D eigenvalue weighted by Gasteiger charge is 2.30. The maximum Gasteiger partial charge on any atom is 0.252 e. The number of hydrogen-bond acceptors (Lipinski definition) is 5. The van der Waals surface area contributed by atoms with Gasteiger partial charge in [-0.1, -0.05) is 32.9 Å². The molecule has 34 heavy (non-hydrogen) atoms. The first-order chi connectivity index (χ1) is 16.1. The van der Waals surface area contributed by atoms with Crippen LogP contribution in [-0.4, -0.2) is 44.1 Å². The smallest absolute Gasteiger partial charge is 0.252 e. The number of methoxy groups -OCH3 is 1. The first-order valence-electron chi connectivity index (χ1n) is 11.5. The van der Waals surface area contributed by atoms with Gasteiger partial charge >= 0.3 is 0 Å². The van der Waals surface area contributed by atoms with Gasteiger partial charge in [0.25, 0.3) is 5.56 Å². The first-order valence-corrected chi connectivity index (χ1v) is 12.9. The van der Waals surface area contributed by atoms with Gasteiger partial charge in [0.1, 0.15) is 5.75 Å². The van der Waals surface area contributed by atoms with Crippen molar-refractivity contribution in [3.8, 4) is 5.75 Å². The Morgan fingerprint density at radius 1 is 1.12 bits per heavy atom. The number of ether oxygens (including phenoxy) is 2. The van der Waals surface area contributed by atoms with Gasteiger partial charge in [-0.05, 0) is 60.2 Å². The predicted octanol–water partition coefficient (Wildman–Crippen LogP) is 4.20. The normalized spacial score (nSPS) is 16.9. The van der Waals surface area contributed by atoms with E-state index in [0.29, 0.717) is 23.4 Å². The summed E-state index contributed by atoms with van der Waals surface area (Å²) in [7, 11) is -2.28. The van der Waals surface area contributed by atoms with Crippen molar-refractivity contribution in [2.45, 2.75) is 56.6 Å². The van der Waals surface area contributed by atoms with Crippen LogP contribution in [0.4, 0.5) is 0 Å². The zero-order valence-corrected chi connectivity index (χ0v) is 20.9. The highest BCUT2D eigenvalue weighted by atomic mass is 32.2. The van der Waals surface area contributed by atoms with Crippen LogP contribution in [0.3, 0.4) is 0 Å². The van der Waals surface area contributed by atoms with Gasteiger partial charge in [-0.2, -0.15) is 4.31 Å². The molecule has 1 N–H and O–H groups in total. The Balaban J connectivity index is 1.71. The molecule has 1 fully saturated rings. The lowest BCUT2D eigenvalue weighted by atomic mass is 9.87. The maximum atomic E-state index is 13.7. The number of fused-ring (bicyclic) bond motifs is 1. The lowest BCUT2D eigenvalue weighted by Gasteiger charge is -2.25. The van der Waals surface area contributed by atoms with Crippen molar-refractivity contribution < 1.29 is 17.9 Å². The Hall–Kier alpha value is -2.68. The summed E-state index contributed by atoms with van der Waals surface area (Å²) in [6.45, 7) is 7.02. The van der Waals surface area contributed by atoms with E-state index in [9.17, 15) is 13.2 Å². The van der Waals surface area contributed by atoms with E-state index in [1.807, 2.05) is 18.2 Å². The second-order valence-corrected chi connectivity index (χ2v) is 11.7. The van der Waals surface area contributed by atoms with Crippen molar-refractivity contribution in [3.63, 3.8) is 0 Å². The summed E-state index contributed by atoms with van der Waals surface area (Å²) in [6, 6.07) is 14.1. The molecule has 2 aromatic carbocycles. The van der Waals surface area contributed by atoms with Crippen molar-refractivity contribution in [1.82, 2.24) is 9.29 Å². The fourth-order valence-corrected chi connectivity index (χ4v) is 5.65. The number of H-pyrrole nitrogens is 1. The number of hydrogen-bond donors (Lipinski definition) is 1. The monoisotopic (exact) mass is 484 g/mol. The second kappa shape index (κ2) is 9.52. The standard InChI is InChI=1S/C26H32N2O5S/c1-26(2,3)20-7-10-23(11-8-20)34(30,31)28(17-22-6-5-13-33-22)16-19-14-18-15-21(32-4)9-12-24(18)27-25(19)29/h7-12,14-15,22H,5-6,13,16-17H2,1-4H3,(H,27,29)/t22-/m1/s1. The van der Waals surface area contributed by atoms with Crippen LogP contribution in [0.1, 0.15) is 44.7 Å². The molecule has 7 nitrogen and oxygen atoms in total. The third-order valence-electron chi connectivity index (χ3n) is 6.26. The van der Waals surface area contributed by atoms with E-state index in [4.69, 9.17) is 9.47 Å². The molecule has 3 aromatic rings. The molecule has 0 amide bonds. The van der Waals surface area contributed by atoms with Gasteiger partial charge in [-0.15, -0.1) is 0 Å². The van der Waals surface area contributed by atoms with Gasteiger partial charge < -0.3 is 14.5 Å². The maximum absolute atomic E-state index is 13.7. The minimum Gasteiger partial charge on any atom is -0.497 e. The zero-order valence-electron chi connectivity index (χ0n) is 20.1. The molecular weight excluding hydrogens is 452 g/mol. The van der Waals surface area contributed by atoms with E-state index in [2.05, 4.69) is 25.8 Å². The third-order valence-corrected chi connectivity index (χ3v) is 8.09. The molecule has 1 atom stereocenters. The van der Waals surface area contributed by atoms with Gasteiger partial charge in [0, 0.05) is 36.2 Å². The van der Waals surface area contributed by atoms with Crippen molar-refractivity contribution in [2.24, 2.45) is 0 Å². The van der Waals surface area contributed by atoms with E-state index in [0.717, 1.165) is 23.8 Å². The van der Waals surface area contributed by atoms with Crippen LogP contribution in [-0.2, 0) is 26.7 Å². The summed E-state index contributed by atoms with van der Waals surface area (Å²) in [4.78, 5) is 15.9. The Kier molecular flexibility index (Phi) is 6.85. The van der Waals surface area contributed by atoms with Gasteiger partial charge in [-0.3, -0.25) is 4.79 Å². The van der Waals surface area contributed by atoms with Gasteiger partial charge in [-0.25, -0.2) is 8.42 Å². The molecule has 0 spiro atoms. The number of aromatic amines is 1. The number of aromatic nitrogens is 1. The van der Waals surface area contributed by atoms with Crippen molar-refractivity contribution in [1.29, 1.82) is 0 Å². The number of benzene rings is 2. The van der Waals surface area contributed by atoms with Crippen LogP contribution in [0.15, 0.2) is 58.2 Å². The molecule has 8 heteroatoms. The minimum absolute atomic E-state index is 0.0499. The van der Waals surface area contributed by atoms with E-state index in [1.54, 1.807) is 37.4 Å². The quantitative estimate of drug-likeness (QED) is 0.543. The Bertz CT molecular complexity index is 1320. The highest BCUT2D eigenvalue weighted by molar-refractivity contribution is 7.89. The Morgan fingerprint density at radius 2 is 1.85 bits per heavy atom. The average Bonchev–Trinajstić information content (AvgIpc) is 3.31. The fraction of sp³-hybridized carbons (Fsp3) is 0.423. The van der Waals surface area contributed by atoms with Gasteiger partial charge in [0.2, 0.25) is 10.0 Å². The average molecular weight is 485 g/mol. The van der Waals surface area contributed by atoms with E-state index in [-0.39, 0.29) is 35.1 Å². The molecular formula is C26H32N2O5S. The lowest BCUT2D eigenvalue weighted by molar-refractivity contribution is 0.0925. The summed E-state index contributed by atoms with van der Waals surface area (Å²) < 4.78 is 39.8. The van der Waals surface area contributed by atoms with Crippen LogP contribution in [0.5, 0.6) is 5.75 Å². The molecule has 0 saturated carbocycles. The van der Waals surface area contributed by atoms with Crippen molar-refractivity contribution in [3.05, 3.63) is 70.0 Å². The summed E-state index contributed by atoms with van der Waals surface area (Å²) in [5.41, 5.74) is 1.69. The predicted molar refractivity (Wildman–Crippen MR) is 133 cm³/mol. The number of nitrogens with zero attached hydrogens (tertiary/aromatic N) is 1. The molecule has 2 heterocycles. The van der Waals surface area contributed by atoms with Crippen LogP contribution >= 0.6 is 0 Å². The third kappa shape index (κ3) is 5.19. The number of pyridine rings is 1.